The van der Waals surface area contributed by atoms with Crippen LogP contribution in [0.1, 0.15) is 37.0 Å². The molecule has 0 aromatic heterocycles. The Kier molecular flexibility index (Phi) is 3.62. The summed E-state index contributed by atoms with van der Waals surface area (Å²) >= 11 is 0. The number of carbonyl (C=O) groups excluding carboxylic acids is 1. The molecule has 0 atom stereocenters. The first-order valence-corrected chi connectivity index (χ1v) is 6.24. The number of rotatable bonds is 3. The van der Waals surface area contributed by atoms with E-state index in [0.29, 0.717) is 6.42 Å². The van der Waals surface area contributed by atoms with E-state index >= 15 is 0 Å². The zero-order valence-electron chi connectivity index (χ0n) is 10.6. The van der Waals surface area contributed by atoms with Gasteiger partial charge in [0.1, 0.15) is 0 Å². The largest absolute Gasteiger partial charge is 0.367 e. The molecule has 0 N–H and O–H groups in total. The molecule has 0 fully saturated rings. The molecule has 2 rings (SSSR count). The van der Waals surface area contributed by atoms with Gasteiger partial charge in [0, 0.05) is 30.8 Å². The third kappa shape index (κ3) is 2.76. The highest BCUT2D eigenvalue weighted by Crippen LogP contribution is 2.20. The molecule has 2 heteroatoms. The van der Waals surface area contributed by atoms with Crippen LogP contribution in [0.4, 0.5) is 5.69 Å². The van der Waals surface area contributed by atoms with Gasteiger partial charge >= 0.3 is 0 Å². The molecule has 90 valence electrons. The number of carbonyl (C=O) groups is 1. The molecule has 0 amide bonds. The van der Waals surface area contributed by atoms with Crippen molar-refractivity contribution in [1.29, 1.82) is 0 Å². The van der Waals surface area contributed by atoms with Crippen LogP contribution < -0.4 is 4.90 Å². The minimum absolute atomic E-state index is 0.214. The minimum atomic E-state index is 0.214. The van der Waals surface area contributed by atoms with Gasteiger partial charge < -0.3 is 4.90 Å². The quantitative estimate of drug-likeness (QED) is 0.584. The summed E-state index contributed by atoms with van der Waals surface area (Å²) in [6.45, 7) is 6.13. The first-order valence-electron chi connectivity index (χ1n) is 6.24. The van der Waals surface area contributed by atoms with E-state index in [1.54, 1.807) is 0 Å². The summed E-state index contributed by atoms with van der Waals surface area (Å²) in [5, 5.41) is 0. The summed E-state index contributed by atoms with van der Waals surface area (Å²) in [7, 11) is 0. The number of nitrogens with zero attached hydrogens (tertiary/aromatic N) is 1. The molecule has 0 unspecified atom stereocenters. The Morgan fingerprint density at radius 2 is 2.00 bits per heavy atom. The summed E-state index contributed by atoms with van der Waals surface area (Å²) in [4.78, 5) is 13.9. The van der Waals surface area contributed by atoms with Crippen molar-refractivity contribution < 1.29 is 4.79 Å². The molecule has 1 aliphatic rings. The lowest BCUT2D eigenvalue weighted by molar-refractivity contribution is 0.0988. The van der Waals surface area contributed by atoms with Crippen LogP contribution in [0.2, 0.25) is 0 Å². The molecule has 1 aliphatic heterocycles. The summed E-state index contributed by atoms with van der Waals surface area (Å²) in [5.74, 6) is 0.214. The van der Waals surface area contributed by atoms with E-state index < -0.39 is 0 Å². The van der Waals surface area contributed by atoms with Crippen molar-refractivity contribution in [2.45, 2.75) is 26.7 Å². The number of ketones is 1. The molecule has 1 aromatic rings. The van der Waals surface area contributed by atoms with Crippen LogP contribution in [-0.2, 0) is 0 Å². The van der Waals surface area contributed by atoms with Crippen molar-refractivity contribution in [3.63, 3.8) is 0 Å². The second kappa shape index (κ2) is 5.17. The number of benzene rings is 1. The SMILES string of the molecule is CCC(=O)c1ccc(N2CCC=C(C)C2)cc1. The van der Waals surface area contributed by atoms with Crippen LogP contribution in [-0.4, -0.2) is 18.9 Å². The highest BCUT2D eigenvalue weighted by molar-refractivity contribution is 5.96. The van der Waals surface area contributed by atoms with E-state index in [2.05, 4.69) is 30.0 Å². The molecule has 0 spiro atoms. The molecule has 0 saturated carbocycles. The molecular weight excluding hydrogens is 210 g/mol. The van der Waals surface area contributed by atoms with Crippen LogP contribution in [0.25, 0.3) is 0 Å². The van der Waals surface area contributed by atoms with E-state index in [1.165, 1.54) is 11.3 Å². The van der Waals surface area contributed by atoms with Crippen molar-refractivity contribution in [2.75, 3.05) is 18.0 Å². The van der Waals surface area contributed by atoms with E-state index in [-0.39, 0.29) is 5.78 Å². The lowest BCUT2D eigenvalue weighted by atomic mass is 10.1. The average Bonchev–Trinajstić information content (AvgIpc) is 2.38. The number of Topliss-reactive ketones (excluding diaryl/α,β-unsaturated/α-hetero) is 1. The van der Waals surface area contributed by atoms with Crippen LogP contribution in [0.15, 0.2) is 35.9 Å². The van der Waals surface area contributed by atoms with Crippen molar-refractivity contribution in [1.82, 2.24) is 0 Å². The van der Waals surface area contributed by atoms with Gasteiger partial charge in [-0.2, -0.15) is 0 Å². The van der Waals surface area contributed by atoms with Gasteiger partial charge in [0.2, 0.25) is 0 Å². The predicted octanol–water partition coefficient (Wildman–Crippen LogP) is 3.44. The van der Waals surface area contributed by atoms with Gasteiger partial charge in [-0.1, -0.05) is 18.6 Å². The van der Waals surface area contributed by atoms with Crippen LogP contribution in [0, 0.1) is 0 Å². The number of anilines is 1. The van der Waals surface area contributed by atoms with E-state index in [9.17, 15) is 4.79 Å². The van der Waals surface area contributed by atoms with Crippen LogP contribution in [0.5, 0.6) is 0 Å². The molecule has 0 saturated heterocycles. The predicted molar refractivity (Wildman–Crippen MR) is 71.7 cm³/mol. The molecule has 2 nitrogen and oxygen atoms in total. The smallest absolute Gasteiger partial charge is 0.162 e. The maximum absolute atomic E-state index is 11.5. The summed E-state index contributed by atoms with van der Waals surface area (Å²) in [6.07, 6.45) is 3.98. The zero-order chi connectivity index (χ0) is 12.3. The summed E-state index contributed by atoms with van der Waals surface area (Å²) in [5.41, 5.74) is 3.45. The fraction of sp³-hybridized carbons (Fsp3) is 0.400. The van der Waals surface area contributed by atoms with Crippen LogP contribution >= 0.6 is 0 Å². The van der Waals surface area contributed by atoms with Gasteiger partial charge in [-0.3, -0.25) is 4.79 Å². The Morgan fingerprint density at radius 3 is 2.59 bits per heavy atom. The molecule has 0 radical (unpaired) electrons. The Bertz CT molecular complexity index is 431. The highest BCUT2D eigenvalue weighted by Gasteiger charge is 2.11. The van der Waals surface area contributed by atoms with Crippen molar-refractivity contribution in [3.05, 3.63) is 41.5 Å². The molecule has 1 heterocycles. The fourth-order valence-electron chi connectivity index (χ4n) is 2.19. The van der Waals surface area contributed by atoms with Crippen molar-refractivity contribution >= 4 is 11.5 Å². The molecule has 1 aromatic carbocycles. The Labute approximate surface area is 103 Å². The third-order valence-corrected chi connectivity index (χ3v) is 3.21. The Balaban J connectivity index is 2.13. The minimum Gasteiger partial charge on any atom is -0.367 e. The van der Waals surface area contributed by atoms with Gasteiger partial charge in [0.25, 0.3) is 0 Å². The first-order chi connectivity index (χ1) is 8.20. The van der Waals surface area contributed by atoms with E-state index in [0.717, 1.165) is 25.1 Å². The lowest BCUT2D eigenvalue weighted by Gasteiger charge is -2.28. The maximum atomic E-state index is 11.5. The maximum Gasteiger partial charge on any atom is 0.162 e. The summed E-state index contributed by atoms with van der Waals surface area (Å²) in [6, 6.07) is 7.99. The Morgan fingerprint density at radius 1 is 1.29 bits per heavy atom. The topological polar surface area (TPSA) is 20.3 Å². The van der Waals surface area contributed by atoms with Gasteiger partial charge in [0.15, 0.2) is 5.78 Å². The van der Waals surface area contributed by atoms with Gasteiger partial charge in [-0.05, 0) is 37.6 Å². The molecular formula is C15H19NO. The standard InChI is InChI=1S/C15H19NO/c1-3-15(17)13-6-8-14(9-7-13)16-10-4-5-12(2)11-16/h5-9H,3-4,10-11H2,1-2H3. The second-order valence-electron chi connectivity index (χ2n) is 4.58. The number of hydrogen-bond acceptors (Lipinski definition) is 2. The lowest BCUT2D eigenvalue weighted by Crippen LogP contribution is -2.28. The normalized spacial score (nSPS) is 15.6. The zero-order valence-corrected chi connectivity index (χ0v) is 10.6. The van der Waals surface area contributed by atoms with Gasteiger partial charge in [-0.25, -0.2) is 0 Å². The van der Waals surface area contributed by atoms with E-state index in [4.69, 9.17) is 0 Å². The van der Waals surface area contributed by atoms with Crippen molar-refractivity contribution in [2.24, 2.45) is 0 Å². The first kappa shape index (κ1) is 11.9. The molecule has 0 aliphatic carbocycles. The van der Waals surface area contributed by atoms with E-state index in [1.807, 2.05) is 19.1 Å². The third-order valence-electron chi connectivity index (χ3n) is 3.21. The van der Waals surface area contributed by atoms with Gasteiger partial charge in [0.05, 0.1) is 0 Å². The second-order valence-corrected chi connectivity index (χ2v) is 4.58. The Hall–Kier alpha value is -1.57. The number of hydrogen-bond donors (Lipinski definition) is 0. The summed E-state index contributed by atoms with van der Waals surface area (Å²) < 4.78 is 0. The highest BCUT2D eigenvalue weighted by atomic mass is 16.1. The van der Waals surface area contributed by atoms with Gasteiger partial charge in [-0.15, -0.1) is 0 Å². The fourth-order valence-corrected chi connectivity index (χ4v) is 2.19. The average molecular weight is 229 g/mol. The molecule has 17 heavy (non-hydrogen) atoms. The molecule has 0 bridgehead atoms. The van der Waals surface area contributed by atoms with Crippen LogP contribution in [0.3, 0.4) is 0 Å². The monoisotopic (exact) mass is 229 g/mol. The van der Waals surface area contributed by atoms with Crippen molar-refractivity contribution in [3.8, 4) is 0 Å².